The van der Waals surface area contributed by atoms with Gasteiger partial charge in [-0.3, -0.25) is 0 Å². The molecule has 13 heavy (non-hydrogen) atoms. The lowest BCUT2D eigenvalue weighted by atomic mass is 10.1. The molecule has 0 spiro atoms. The van der Waals surface area contributed by atoms with E-state index in [0.29, 0.717) is 0 Å². The van der Waals surface area contributed by atoms with Gasteiger partial charge in [-0.25, -0.2) is 4.98 Å². The number of thiazole rings is 1. The molecular weight excluding hydrogens is 182 g/mol. The predicted octanol–water partition coefficient (Wildman–Crippen LogP) is 3.36. The van der Waals surface area contributed by atoms with Crippen molar-refractivity contribution in [2.75, 3.05) is 0 Å². The van der Waals surface area contributed by atoms with Gasteiger partial charge < -0.3 is 5.11 Å². The molecule has 0 radical (unpaired) electrons. The van der Waals surface area contributed by atoms with Gasteiger partial charge in [-0.05, 0) is 12.8 Å². The second-order valence-corrected chi connectivity index (χ2v) is 4.21. The molecule has 3 heteroatoms. The van der Waals surface area contributed by atoms with Crippen LogP contribution in [0, 0.1) is 0 Å². The van der Waals surface area contributed by atoms with Gasteiger partial charge in [-0.2, -0.15) is 0 Å². The van der Waals surface area contributed by atoms with Crippen molar-refractivity contribution in [2.24, 2.45) is 0 Å². The van der Waals surface area contributed by atoms with E-state index in [9.17, 15) is 0 Å². The van der Waals surface area contributed by atoms with Crippen LogP contribution in [0.4, 0.5) is 0 Å². The lowest BCUT2D eigenvalue weighted by Gasteiger charge is -1.96. The van der Waals surface area contributed by atoms with Crippen LogP contribution in [0.25, 0.3) is 0 Å². The molecule has 0 unspecified atom stereocenters. The summed E-state index contributed by atoms with van der Waals surface area (Å²) in [5, 5.41) is 11.8. The van der Waals surface area contributed by atoms with Crippen LogP contribution >= 0.6 is 11.3 Å². The third-order valence-corrected chi connectivity index (χ3v) is 2.93. The highest BCUT2D eigenvalue weighted by Crippen LogP contribution is 2.17. The monoisotopic (exact) mass is 199 g/mol. The van der Waals surface area contributed by atoms with E-state index in [1.54, 1.807) is 16.7 Å². The summed E-state index contributed by atoms with van der Waals surface area (Å²) in [6.45, 7) is 2.22. The first kappa shape index (κ1) is 10.5. The molecule has 0 aromatic carbocycles. The maximum absolute atomic E-state index is 8.99. The number of aromatic nitrogens is 1. The zero-order chi connectivity index (χ0) is 9.52. The molecule has 0 fully saturated rings. The number of rotatable bonds is 6. The van der Waals surface area contributed by atoms with Crippen LogP contribution in [-0.4, -0.2) is 10.1 Å². The minimum Gasteiger partial charge on any atom is -0.493 e. The fraction of sp³-hybridized carbons (Fsp3) is 0.700. The quantitative estimate of drug-likeness (QED) is 0.713. The average Bonchev–Trinajstić information content (AvgIpc) is 2.51. The lowest BCUT2D eigenvalue weighted by molar-refractivity contribution is 0.455. The highest BCUT2D eigenvalue weighted by Gasteiger charge is 1.99. The molecule has 1 rings (SSSR count). The van der Waals surface area contributed by atoms with Crippen molar-refractivity contribution in [1.29, 1.82) is 0 Å². The zero-order valence-electron chi connectivity index (χ0n) is 8.12. The van der Waals surface area contributed by atoms with E-state index in [-0.39, 0.29) is 5.88 Å². The van der Waals surface area contributed by atoms with Crippen LogP contribution in [-0.2, 0) is 6.42 Å². The topological polar surface area (TPSA) is 33.1 Å². The van der Waals surface area contributed by atoms with E-state index in [0.717, 1.165) is 11.4 Å². The van der Waals surface area contributed by atoms with Gasteiger partial charge in [0, 0.05) is 0 Å². The molecule has 1 aromatic rings. The van der Waals surface area contributed by atoms with Crippen molar-refractivity contribution in [3.63, 3.8) is 0 Å². The first-order valence-electron chi connectivity index (χ1n) is 4.96. The van der Waals surface area contributed by atoms with Gasteiger partial charge in [-0.1, -0.05) is 32.6 Å². The van der Waals surface area contributed by atoms with E-state index in [1.807, 2.05) is 0 Å². The van der Waals surface area contributed by atoms with E-state index < -0.39 is 0 Å². The van der Waals surface area contributed by atoms with Crippen LogP contribution in [0.3, 0.4) is 0 Å². The summed E-state index contributed by atoms with van der Waals surface area (Å²) in [6.07, 6.45) is 7.46. The van der Waals surface area contributed by atoms with E-state index in [4.69, 9.17) is 5.11 Å². The van der Waals surface area contributed by atoms with E-state index >= 15 is 0 Å². The molecule has 0 amide bonds. The standard InChI is InChI=1S/C10H17NOS/c1-2-3-4-5-6-7-10-11-9(12)8-13-10/h8,12H,2-7H2,1H3. The van der Waals surface area contributed by atoms with Gasteiger partial charge >= 0.3 is 0 Å². The van der Waals surface area contributed by atoms with Gasteiger partial charge in [0.15, 0.2) is 0 Å². The molecular formula is C10H17NOS. The Morgan fingerprint density at radius 1 is 1.31 bits per heavy atom. The van der Waals surface area contributed by atoms with Gasteiger partial charge in [-0.15, -0.1) is 11.3 Å². The van der Waals surface area contributed by atoms with Crippen molar-refractivity contribution in [3.8, 4) is 5.88 Å². The van der Waals surface area contributed by atoms with E-state index in [2.05, 4.69) is 11.9 Å². The van der Waals surface area contributed by atoms with Crippen LogP contribution in [0.1, 0.15) is 44.0 Å². The average molecular weight is 199 g/mol. The number of hydrogen-bond donors (Lipinski definition) is 1. The fourth-order valence-electron chi connectivity index (χ4n) is 1.30. The fourth-order valence-corrected chi connectivity index (χ4v) is 2.00. The molecule has 2 nitrogen and oxygen atoms in total. The largest absolute Gasteiger partial charge is 0.493 e. The Balaban J connectivity index is 2.06. The minimum absolute atomic E-state index is 0.175. The Morgan fingerprint density at radius 3 is 2.69 bits per heavy atom. The first-order valence-corrected chi connectivity index (χ1v) is 5.84. The summed E-state index contributed by atoms with van der Waals surface area (Å²) in [5.41, 5.74) is 0. The zero-order valence-corrected chi connectivity index (χ0v) is 8.94. The Labute approximate surface area is 83.6 Å². The van der Waals surface area contributed by atoms with Crippen LogP contribution in [0.5, 0.6) is 5.88 Å². The van der Waals surface area contributed by atoms with Crippen molar-refractivity contribution in [3.05, 3.63) is 10.4 Å². The normalized spacial score (nSPS) is 10.5. The lowest BCUT2D eigenvalue weighted by Crippen LogP contribution is -1.84. The Hall–Kier alpha value is -0.570. The van der Waals surface area contributed by atoms with E-state index in [1.165, 1.54) is 32.1 Å². The van der Waals surface area contributed by atoms with Gasteiger partial charge in [0.1, 0.15) is 0 Å². The summed E-state index contributed by atoms with van der Waals surface area (Å²) < 4.78 is 0. The van der Waals surface area contributed by atoms with Crippen LogP contribution < -0.4 is 0 Å². The van der Waals surface area contributed by atoms with Gasteiger partial charge in [0.2, 0.25) is 5.88 Å². The van der Waals surface area contributed by atoms with Gasteiger partial charge in [0.05, 0.1) is 10.4 Å². The highest BCUT2D eigenvalue weighted by atomic mass is 32.1. The summed E-state index contributed by atoms with van der Waals surface area (Å²) in [4.78, 5) is 4.00. The van der Waals surface area contributed by atoms with Crippen molar-refractivity contribution < 1.29 is 5.11 Å². The van der Waals surface area contributed by atoms with Crippen LogP contribution in [0.15, 0.2) is 5.38 Å². The first-order chi connectivity index (χ1) is 6.33. The van der Waals surface area contributed by atoms with Gasteiger partial charge in [0.25, 0.3) is 0 Å². The maximum Gasteiger partial charge on any atom is 0.222 e. The van der Waals surface area contributed by atoms with Crippen molar-refractivity contribution >= 4 is 11.3 Å². The van der Waals surface area contributed by atoms with Crippen molar-refractivity contribution in [1.82, 2.24) is 4.98 Å². The Bertz CT molecular complexity index is 235. The molecule has 0 saturated carbocycles. The van der Waals surface area contributed by atoms with Crippen molar-refractivity contribution in [2.45, 2.75) is 45.4 Å². The second kappa shape index (κ2) is 5.97. The molecule has 1 aromatic heterocycles. The molecule has 0 bridgehead atoms. The number of hydrogen-bond acceptors (Lipinski definition) is 3. The number of aromatic hydroxyl groups is 1. The summed E-state index contributed by atoms with van der Waals surface area (Å²) >= 11 is 1.55. The third-order valence-electron chi connectivity index (χ3n) is 2.03. The summed E-state index contributed by atoms with van der Waals surface area (Å²) in [5.74, 6) is 0.175. The summed E-state index contributed by atoms with van der Waals surface area (Å²) in [7, 11) is 0. The summed E-state index contributed by atoms with van der Waals surface area (Å²) in [6, 6.07) is 0. The predicted molar refractivity (Wildman–Crippen MR) is 56.2 cm³/mol. The molecule has 1 heterocycles. The number of aryl methyl sites for hydroxylation is 1. The smallest absolute Gasteiger partial charge is 0.222 e. The van der Waals surface area contributed by atoms with Crippen LogP contribution in [0.2, 0.25) is 0 Å². The molecule has 1 N–H and O–H groups in total. The SMILES string of the molecule is CCCCCCCc1nc(O)cs1. The third kappa shape index (κ3) is 4.27. The highest BCUT2D eigenvalue weighted by molar-refractivity contribution is 7.09. The molecule has 74 valence electrons. The Kier molecular flexibility index (Phi) is 4.83. The minimum atomic E-state index is 0.175. The molecule has 0 saturated heterocycles. The molecule has 0 atom stereocenters. The Morgan fingerprint density at radius 2 is 2.08 bits per heavy atom. The second-order valence-electron chi connectivity index (χ2n) is 3.26. The molecule has 0 aliphatic carbocycles. The molecule has 0 aliphatic heterocycles. The molecule has 0 aliphatic rings. The number of unbranched alkanes of at least 4 members (excludes halogenated alkanes) is 4. The maximum atomic E-state index is 8.99. The number of nitrogens with zero attached hydrogens (tertiary/aromatic N) is 1.